The zero-order valence-corrected chi connectivity index (χ0v) is 19.2. The third-order valence-electron chi connectivity index (χ3n) is 6.36. The van der Waals surface area contributed by atoms with E-state index in [1.807, 2.05) is 24.4 Å². The highest BCUT2D eigenvalue weighted by Gasteiger charge is 2.27. The van der Waals surface area contributed by atoms with E-state index < -0.39 is 0 Å². The molecule has 0 bridgehead atoms. The fourth-order valence-electron chi connectivity index (χ4n) is 4.57. The van der Waals surface area contributed by atoms with Gasteiger partial charge in [0.05, 0.1) is 12.6 Å². The molecule has 0 atom stereocenters. The van der Waals surface area contributed by atoms with Crippen LogP contribution in [-0.4, -0.2) is 73.4 Å². The highest BCUT2D eigenvalue weighted by Crippen LogP contribution is 2.29. The zero-order valence-electron chi connectivity index (χ0n) is 19.2. The van der Waals surface area contributed by atoms with E-state index in [2.05, 4.69) is 37.7 Å². The number of likely N-dealkylation sites (N-methyl/N-ethyl adjacent to an activating group) is 1. The van der Waals surface area contributed by atoms with Crippen molar-refractivity contribution in [1.29, 1.82) is 0 Å². The van der Waals surface area contributed by atoms with Crippen molar-refractivity contribution in [3.05, 3.63) is 30.0 Å². The van der Waals surface area contributed by atoms with Crippen LogP contribution in [0.3, 0.4) is 0 Å². The number of nitrogens with zero attached hydrogens (tertiary/aromatic N) is 3. The number of hydrogen-bond acceptors (Lipinski definition) is 5. The van der Waals surface area contributed by atoms with Gasteiger partial charge in [-0.3, -0.25) is 4.57 Å². The molecule has 0 aliphatic heterocycles. The summed E-state index contributed by atoms with van der Waals surface area (Å²) < 4.78 is 13.0. The number of aromatic nitrogens is 1. The minimum atomic E-state index is -0.282. The molecule has 1 aliphatic rings. The second kappa shape index (κ2) is 10.3. The molecule has 1 heterocycles. The lowest BCUT2D eigenvalue weighted by molar-refractivity contribution is 0.0511. The van der Waals surface area contributed by atoms with Crippen molar-refractivity contribution in [3.8, 4) is 5.75 Å². The van der Waals surface area contributed by atoms with Crippen molar-refractivity contribution in [1.82, 2.24) is 14.4 Å². The minimum absolute atomic E-state index is 0.00223. The van der Waals surface area contributed by atoms with Crippen LogP contribution in [0.1, 0.15) is 45.1 Å². The van der Waals surface area contributed by atoms with E-state index >= 15 is 0 Å². The molecule has 0 radical (unpaired) electrons. The van der Waals surface area contributed by atoms with E-state index in [0.29, 0.717) is 6.04 Å². The van der Waals surface area contributed by atoms with E-state index in [1.54, 1.807) is 11.7 Å². The molecule has 30 heavy (non-hydrogen) atoms. The number of fused-ring (bicyclic) bond motifs is 1. The lowest BCUT2D eigenvalue weighted by Crippen LogP contribution is -2.39. The number of carbonyl (C=O) groups is 1. The SMILES string of the molecule is CCN(CC)C1CCC(OC(=O)n2cc(CCN(C)C)c3ccc(OC)cc32)CC1. The second-order valence-electron chi connectivity index (χ2n) is 8.50. The summed E-state index contributed by atoms with van der Waals surface area (Å²) >= 11 is 0. The van der Waals surface area contributed by atoms with Crippen LogP contribution in [0.4, 0.5) is 4.79 Å². The van der Waals surface area contributed by atoms with Gasteiger partial charge in [0.15, 0.2) is 0 Å². The maximum absolute atomic E-state index is 13.1. The van der Waals surface area contributed by atoms with Crippen molar-refractivity contribution in [3.63, 3.8) is 0 Å². The Kier molecular flexibility index (Phi) is 7.78. The van der Waals surface area contributed by atoms with Gasteiger partial charge in [-0.05, 0) is 77.0 Å². The first-order valence-corrected chi connectivity index (χ1v) is 11.2. The Morgan fingerprint density at radius 1 is 1.13 bits per heavy atom. The first-order chi connectivity index (χ1) is 14.5. The topological polar surface area (TPSA) is 46.9 Å². The number of methoxy groups -OCH3 is 1. The maximum Gasteiger partial charge on any atom is 0.418 e. The Hall–Kier alpha value is -2.05. The van der Waals surface area contributed by atoms with Gasteiger partial charge in [0.2, 0.25) is 0 Å². The van der Waals surface area contributed by atoms with Gasteiger partial charge >= 0.3 is 6.09 Å². The Morgan fingerprint density at radius 2 is 1.83 bits per heavy atom. The van der Waals surface area contributed by atoms with E-state index in [9.17, 15) is 4.79 Å². The quantitative estimate of drug-likeness (QED) is 0.640. The molecule has 6 nitrogen and oxygen atoms in total. The zero-order chi connectivity index (χ0) is 21.7. The molecule has 2 aromatic rings. The molecule has 0 saturated heterocycles. The molecule has 0 unspecified atom stereocenters. The average molecular weight is 416 g/mol. The summed E-state index contributed by atoms with van der Waals surface area (Å²) in [6.07, 6.45) is 6.59. The first-order valence-electron chi connectivity index (χ1n) is 11.2. The van der Waals surface area contributed by atoms with Gasteiger partial charge in [-0.25, -0.2) is 4.79 Å². The summed E-state index contributed by atoms with van der Waals surface area (Å²) in [5.41, 5.74) is 2.01. The van der Waals surface area contributed by atoms with Gasteiger partial charge in [0, 0.05) is 30.2 Å². The summed E-state index contributed by atoms with van der Waals surface area (Å²) in [5, 5.41) is 1.08. The smallest absolute Gasteiger partial charge is 0.418 e. The highest BCUT2D eigenvalue weighted by molar-refractivity contribution is 5.92. The summed E-state index contributed by atoms with van der Waals surface area (Å²) in [5.74, 6) is 0.744. The predicted molar refractivity (Wildman–Crippen MR) is 122 cm³/mol. The van der Waals surface area contributed by atoms with Crippen LogP contribution in [0.15, 0.2) is 24.4 Å². The molecule has 0 N–H and O–H groups in total. The number of hydrogen-bond donors (Lipinski definition) is 0. The maximum atomic E-state index is 13.1. The number of rotatable bonds is 8. The largest absolute Gasteiger partial charge is 0.497 e. The predicted octanol–water partition coefficient (Wildman–Crippen LogP) is 4.39. The summed E-state index contributed by atoms with van der Waals surface area (Å²) in [4.78, 5) is 17.8. The van der Waals surface area contributed by atoms with Crippen molar-refractivity contribution < 1.29 is 14.3 Å². The van der Waals surface area contributed by atoms with Crippen molar-refractivity contribution in [2.24, 2.45) is 0 Å². The molecule has 1 aliphatic carbocycles. The van der Waals surface area contributed by atoms with Crippen LogP contribution in [0, 0.1) is 0 Å². The van der Waals surface area contributed by atoms with E-state index in [1.165, 1.54) is 0 Å². The average Bonchev–Trinajstić information content (AvgIpc) is 3.12. The third-order valence-corrected chi connectivity index (χ3v) is 6.36. The summed E-state index contributed by atoms with van der Waals surface area (Å²) in [7, 11) is 5.77. The summed E-state index contributed by atoms with van der Waals surface area (Å²) in [6, 6.07) is 6.53. The number of ether oxygens (including phenoxy) is 2. The van der Waals surface area contributed by atoms with Crippen molar-refractivity contribution >= 4 is 17.0 Å². The Labute approximate surface area is 180 Å². The third kappa shape index (κ3) is 5.16. The Balaban J connectivity index is 1.74. The van der Waals surface area contributed by atoms with E-state index in [0.717, 1.165) is 74.0 Å². The van der Waals surface area contributed by atoms with Gasteiger partial charge in [0.1, 0.15) is 11.9 Å². The molecule has 0 amide bonds. The normalized spacial score (nSPS) is 19.6. The molecule has 0 spiro atoms. The van der Waals surface area contributed by atoms with Crippen LogP contribution in [0.25, 0.3) is 10.9 Å². The second-order valence-corrected chi connectivity index (χ2v) is 8.50. The van der Waals surface area contributed by atoms with Gasteiger partial charge in [-0.2, -0.15) is 0 Å². The lowest BCUT2D eigenvalue weighted by atomic mass is 9.92. The van der Waals surface area contributed by atoms with Crippen LogP contribution in [-0.2, 0) is 11.2 Å². The van der Waals surface area contributed by atoms with E-state index in [-0.39, 0.29) is 12.2 Å². The van der Waals surface area contributed by atoms with Gasteiger partial charge in [0.25, 0.3) is 0 Å². The lowest BCUT2D eigenvalue weighted by Gasteiger charge is -2.35. The molecule has 3 rings (SSSR count). The number of carbonyl (C=O) groups excluding carboxylic acids is 1. The van der Waals surface area contributed by atoms with Crippen molar-refractivity contribution in [2.75, 3.05) is 40.8 Å². The molecule has 1 fully saturated rings. The van der Waals surface area contributed by atoms with Crippen molar-refractivity contribution in [2.45, 2.75) is 58.1 Å². The van der Waals surface area contributed by atoms with E-state index in [4.69, 9.17) is 9.47 Å². The minimum Gasteiger partial charge on any atom is -0.497 e. The Bertz CT molecular complexity index is 834. The molecule has 1 aromatic heterocycles. The molecular formula is C24H37N3O3. The van der Waals surface area contributed by atoms with Gasteiger partial charge in [-0.15, -0.1) is 0 Å². The van der Waals surface area contributed by atoms with Crippen LogP contribution in [0.2, 0.25) is 0 Å². The number of benzene rings is 1. The monoisotopic (exact) mass is 415 g/mol. The van der Waals surface area contributed by atoms with Crippen LogP contribution < -0.4 is 4.74 Å². The van der Waals surface area contributed by atoms with Gasteiger partial charge < -0.3 is 19.3 Å². The fraction of sp³-hybridized carbons (Fsp3) is 0.625. The first kappa shape index (κ1) is 22.6. The molecule has 6 heteroatoms. The molecule has 1 aromatic carbocycles. The fourth-order valence-corrected chi connectivity index (χ4v) is 4.57. The Morgan fingerprint density at radius 3 is 2.43 bits per heavy atom. The van der Waals surface area contributed by atoms with Crippen LogP contribution in [0.5, 0.6) is 5.75 Å². The van der Waals surface area contributed by atoms with Crippen LogP contribution >= 0.6 is 0 Å². The van der Waals surface area contributed by atoms with Gasteiger partial charge in [-0.1, -0.05) is 13.8 Å². The molecule has 166 valence electrons. The molecular weight excluding hydrogens is 378 g/mol. The standard InChI is InChI=1S/C24H37N3O3/c1-6-26(7-2)19-8-10-20(11-9-19)30-24(28)27-17-18(14-15-25(3)4)22-13-12-21(29-5)16-23(22)27/h12-13,16-17,19-20H,6-11,14-15H2,1-5H3. The molecule has 1 saturated carbocycles. The highest BCUT2D eigenvalue weighted by atomic mass is 16.6. The summed E-state index contributed by atoms with van der Waals surface area (Å²) in [6.45, 7) is 7.52.